The molecule has 2 rings (SSSR count). The lowest BCUT2D eigenvalue weighted by Crippen LogP contribution is -2.34. The number of nitrogens with one attached hydrogen (secondary N) is 1. The number of ether oxygens (including phenoxy) is 1. The smallest absolute Gasteiger partial charge is 0.433 e. The fourth-order valence-electron chi connectivity index (χ4n) is 2.76. The van der Waals surface area contributed by atoms with E-state index in [2.05, 4.69) is 36.3 Å². The Morgan fingerprint density at radius 1 is 1.20 bits per heavy atom. The summed E-state index contributed by atoms with van der Waals surface area (Å²) in [5, 5.41) is 5.62. The van der Waals surface area contributed by atoms with Crippen molar-refractivity contribution in [2.45, 2.75) is 26.3 Å². The summed E-state index contributed by atoms with van der Waals surface area (Å²) in [6, 6.07) is 18.1. The Bertz CT molecular complexity index is 785. The Morgan fingerprint density at radius 3 is 2.44 bits per heavy atom. The maximum absolute atomic E-state index is 12.2. The molecule has 0 aliphatic carbocycles. The number of hydrogen-bond acceptors (Lipinski definition) is 2. The van der Waals surface area contributed by atoms with E-state index in [4.69, 9.17) is 4.74 Å². The van der Waals surface area contributed by atoms with Crippen molar-refractivity contribution >= 4 is 23.9 Å². The monoisotopic (exact) mass is 356 g/mol. The van der Waals surface area contributed by atoms with Gasteiger partial charge in [0.25, 0.3) is 0 Å². The summed E-state index contributed by atoms with van der Waals surface area (Å²) in [7, 11) is -1.19. The van der Waals surface area contributed by atoms with Crippen LogP contribution in [0.3, 0.4) is 0 Å². The highest BCUT2D eigenvalue weighted by molar-refractivity contribution is 7.79. The highest BCUT2D eigenvalue weighted by Crippen LogP contribution is 2.45. The highest BCUT2D eigenvalue weighted by atomic mass is 31.2. The first-order chi connectivity index (χ1) is 12.0. The summed E-state index contributed by atoms with van der Waals surface area (Å²) in [6.07, 6.45) is 2.01. The molecule has 25 heavy (non-hydrogen) atoms. The molecule has 132 valence electrons. The molecule has 0 saturated carbocycles. The predicted molar refractivity (Wildman–Crippen MR) is 106 cm³/mol. The molecule has 2 aromatic rings. The zero-order valence-electron chi connectivity index (χ0n) is 15.0. The molecule has 0 aliphatic heterocycles. The Labute approximate surface area is 150 Å². The van der Waals surface area contributed by atoms with E-state index < -0.39 is 13.3 Å². The third-order valence-corrected chi connectivity index (χ3v) is 7.22. The van der Waals surface area contributed by atoms with Crippen LogP contribution in [0.5, 0.6) is 0 Å². The van der Waals surface area contributed by atoms with Crippen molar-refractivity contribution in [3.8, 4) is 0 Å². The molecule has 0 fully saturated rings. The van der Waals surface area contributed by atoms with Gasteiger partial charge in [-0.05, 0) is 25.8 Å². The fraction of sp³-hybridized carbons (Fsp3) is 0.250. The topological polar surface area (TPSA) is 50.7 Å². The molecule has 0 heterocycles. The zero-order valence-corrected chi connectivity index (χ0v) is 15.9. The van der Waals surface area contributed by atoms with Gasteiger partial charge in [-0.2, -0.15) is 4.74 Å². The zero-order chi connectivity index (χ0) is 18.3. The van der Waals surface area contributed by atoms with Gasteiger partial charge in [0.2, 0.25) is 0 Å². The Balaban J connectivity index is 2.86. The van der Waals surface area contributed by atoms with E-state index in [1.807, 2.05) is 54.6 Å². The Hall–Kier alpha value is -2.16. The number of benzene rings is 2. The number of carbonyl (C=O) groups is 1. The lowest BCUT2D eigenvalue weighted by atomic mass is 10.1. The second kappa shape index (κ2) is 8.80. The van der Waals surface area contributed by atoms with Crippen molar-refractivity contribution in [2.24, 2.45) is 4.74 Å². The van der Waals surface area contributed by atoms with Crippen molar-refractivity contribution in [3.63, 3.8) is 0 Å². The third-order valence-electron chi connectivity index (χ3n) is 3.69. The fourth-order valence-corrected chi connectivity index (χ4v) is 6.17. The summed E-state index contributed by atoms with van der Waals surface area (Å²) in [5.41, 5.74) is 1.11. The summed E-state index contributed by atoms with van der Waals surface area (Å²) >= 11 is 0. The molecular formula is C20H25N2O2P. The van der Waals surface area contributed by atoms with Crippen molar-refractivity contribution in [1.82, 2.24) is 5.09 Å². The molecule has 0 radical (unpaired) electrons. The van der Waals surface area contributed by atoms with Crippen LogP contribution in [-0.2, 0) is 11.2 Å². The van der Waals surface area contributed by atoms with E-state index in [0.717, 1.165) is 16.2 Å². The van der Waals surface area contributed by atoms with Crippen molar-refractivity contribution in [1.29, 1.82) is 0 Å². The molecule has 0 aromatic heterocycles. The maximum atomic E-state index is 12.2. The minimum atomic E-state index is -2.54. The molecular weight excluding hydrogens is 331 g/mol. The van der Waals surface area contributed by atoms with E-state index in [1.54, 1.807) is 0 Å². The first-order valence-corrected chi connectivity index (χ1v) is 10.0. The van der Waals surface area contributed by atoms with Gasteiger partial charge >= 0.3 is 6.09 Å². The summed E-state index contributed by atoms with van der Waals surface area (Å²) in [4.78, 5) is 12.2. The quantitative estimate of drug-likeness (QED) is 0.622. The van der Waals surface area contributed by atoms with Crippen LogP contribution in [-0.4, -0.2) is 19.2 Å². The average Bonchev–Trinajstić information content (AvgIpc) is 2.62. The highest BCUT2D eigenvalue weighted by Gasteiger charge is 2.29. The summed E-state index contributed by atoms with van der Waals surface area (Å²) in [5.74, 6) is 0. The van der Waals surface area contributed by atoms with Gasteiger partial charge in [-0.3, -0.25) is 5.09 Å². The second-order valence-electron chi connectivity index (χ2n) is 5.95. The van der Waals surface area contributed by atoms with Crippen LogP contribution in [0.4, 0.5) is 4.79 Å². The Kier molecular flexibility index (Phi) is 6.74. The summed E-state index contributed by atoms with van der Waals surface area (Å²) < 4.78 is 9.45. The van der Waals surface area contributed by atoms with Gasteiger partial charge in [0.1, 0.15) is 7.21 Å². The standard InChI is InChI=1S/C20H25N2O2P/c1-5-11-17-12-9-10-15-19(17)25(21-16(2)3,22-20(23)24-4)18-13-7-6-8-14-18/h5-10,12-16,21H,1,11H2,2-4H3. The molecule has 0 spiro atoms. The lowest BCUT2D eigenvalue weighted by Gasteiger charge is -2.30. The van der Waals surface area contributed by atoms with E-state index in [0.29, 0.717) is 6.42 Å². The van der Waals surface area contributed by atoms with Gasteiger partial charge in [-0.25, -0.2) is 4.79 Å². The van der Waals surface area contributed by atoms with E-state index in [-0.39, 0.29) is 6.04 Å². The maximum Gasteiger partial charge on any atom is 0.433 e. The van der Waals surface area contributed by atoms with Crippen LogP contribution in [0.2, 0.25) is 0 Å². The van der Waals surface area contributed by atoms with Crippen molar-refractivity contribution in [3.05, 3.63) is 72.8 Å². The SMILES string of the molecule is C=CCc1ccccc1P(=NC(=O)OC)(NC(C)C)c1ccccc1. The molecule has 4 nitrogen and oxygen atoms in total. The molecule has 1 N–H and O–H groups in total. The lowest BCUT2D eigenvalue weighted by molar-refractivity contribution is 0.183. The van der Waals surface area contributed by atoms with Gasteiger partial charge in [-0.15, -0.1) is 6.58 Å². The molecule has 1 atom stereocenters. The van der Waals surface area contributed by atoms with Crippen molar-refractivity contribution < 1.29 is 9.53 Å². The molecule has 1 amide bonds. The molecule has 2 aromatic carbocycles. The second-order valence-corrected chi connectivity index (χ2v) is 8.67. The van der Waals surface area contributed by atoms with Gasteiger partial charge in [-0.1, -0.05) is 60.7 Å². The van der Waals surface area contributed by atoms with Crippen LogP contribution in [0, 0.1) is 0 Å². The molecule has 0 saturated heterocycles. The molecule has 5 heteroatoms. The predicted octanol–water partition coefficient (Wildman–Crippen LogP) is 4.25. The van der Waals surface area contributed by atoms with E-state index in [9.17, 15) is 4.79 Å². The first kappa shape index (κ1) is 19.2. The van der Waals surface area contributed by atoms with Gasteiger partial charge in [0.15, 0.2) is 0 Å². The summed E-state index contributed by atoms with van der Waals surface area (Å²) in [6.45, 7) is 7.97. The van der Waals surface area contributed by atoms with Crippen molar-refractivity contribution in [2.75, 3.05) is 7.11 Å². The number of nitrogens with zero attached hydrogens (tertiary/aromatic N) is 1. The minimum absolute atomic E-state index is 0.138. The average molecular weight is 356 g/mol. The van der Waals surface area contributed by atoms with Crippen LogP contribution in [0.15, 0.2) is 72.0 Å². The van der Waals surface area contributed by atoms with Crippen LogP contribution < -0.4 is 15.7 Å². The number of hydrogen-bond donors (Lipinski definition) is 1. The van der Waals surface area contributed by atoms with E-state index >= 15 is 0 Å². The largest absolute Gasteiger partial charge is 0.451 e. The van der Waals surface area contributed by atoms with Gasteiger partial charge in [0.05, 0.1) is 7.11 Å². The van der Waals surface area contributed by atoms with Crippen LogP contribution in [0.1, 0.15) is 19.4 Å². The molecule has 0 bridgehead atoms. The van der Waals surface area contributed by atoms with Gasteiger partial charge in [0, 0.05) is 16.7 Å². The Morgan fingerprint density at radius 2 is 1.84 bits per heavy atom. The first-order valence-electron chi connectivity index (χ1n) is 8.26. The van der Waals surface area contributed by atoms with Gasteiger partial charge < -0.3 is 4.74 Å². The van der Waals surface area contributed by atoms with E-state index in [1.165, 1.54) is 7.11 Å². The minimum Gasteiger partial charge on any atom is -0.451 e. The number of methoxy groups -OCH3 is 1. The number of amides is 1. The van der Waals surface area contributed by atoms with Crippen LogP contribution in [0.25, 0.3) is 0 Å². The third kappa shape index (κ3) is 4.47. The number of allylic oxidation sites excluding steroid dienone is 1. The number of rotatable bonds is 6. The number of carbonyl (C=O) groups excluding carboxylic acids is 1. The van der Waals surface area contributed by atoms with Crippen LogP contribution >= 0.6 is 7.21 Å². The normalized spacial score (nSPS) is 13.1. The molecule has 0 aliphatic rings. The molecule has 1 unspecified atom stereocenters.